The second-order valence-corrected chi connectivity index (χ2v) is 4.38. The van der Waals surface area contributed by atoms with Crippen molar-refractivity contribution in [1.29, 1.82) is 5.26 Å². The Morgan fingerprint density at radius 1 is 1.25 bits per heavy atom. The van der Waals surface area contributed by atoms with Gasteiger partial charge in [-0.15, -0.1) is 0 Å². The maximum atomic E-state index is 12.1. The molecule has 2 aromatic rings. The van der Waals surface area contributed by atoms with Gasteiger partial charge in [0.15, 0.2) is 0 Å². The van der Waals surface area contributed by atoms with Gasteiger partial charge in [-0.1, -0.05) is 30.3 Å². The Morgan fingerprint density at radius 3 is 2.60 bits per heavy atom. The zero-order chi connectivity index (χ0) is 14.5. The van der Waals surface area contributed by atoms with E-state index in [1.165, 1.54) is 0 Å². The molecule has 0 aliphatic rings. The summed E-state index contributed by atoms with van der Waals surface area (Å²) in [5, 5.41) is 8.98. The summed E-state index contributed by atoms with van der Waals surface area (Å²) in [6.07, 6.45) is 0. The van der Waals surface area contributed by atoms with Crippen molar-refractivity contribution in [2.24, 2.45) is 0 Å². The van der Waals surface area contributed by atoms with Crippen LogP contribution in [0.25, 0.3) is 0 Å². The summed E-state index contributed by atoms with van der Waals surface area (Å²) >= 11 is 0. The van der Waals surface area contributed by atoms with Gasteiger partial charge in [0.05, 0.1) is 17.2 Å². The van der Waals surface area contributed by atoms with Crippen molar-refractivity contribution in [1.82, 2.24) is 0 Å². The highest BCUT2D eigenvalue weighted by Gasteiger charge is 2.17. The van der Waals surface area contributed by atoms with Gasteiger partial charge in [-0.05, 0) is 30.2 Å². The average molecular weight is 266 g/mol. The standard InChI is InChI=1S/C16H14N2O2/c1-11-13(9-17)7-8-14(18)15(11)16(19)20-10-12-5-3-2-4-6-12/h2-8H,10,18H2,1H3. The third-order valence-corrected chi connectivity index (χ3v) is 3.03. The number of carbonyl (C=O) groups excluding carboxylic acids is 1. The highest BCUT2D eigenvalue weighted by atomic mass is 16.5. The van der Waals surface area contributed by atoms with Gasteiger partial charge in [0, 0.05) is 5.69 Å². The molecule has 0 fully saturated rings. The highest BCUT2D eigenvalue weighted by molar-refractivity contribution is 5.97. The first-order valence-electron chi connectivity index (χ1n) is 6.13. The van der Waals surface area contributed by atoms with Gasteiger partial charge in [0.1, 0.15) is 6.61 Å². The fourth-order valence-corrected chi connectivity index (χ4v) is 1.92. The van der Waals surface area contributed by atoms with Crippen molar-refractivity contribution in [3.63, 3.8) is 0 Å². The zero-order valence-electron chi connectivity index (χ0n) is 11.1. The van der Waals surface area contributed by atoms with Gasteiger partial charge >= 0.3 is 5.97 Å². The van der Waals surface area contributed by atoms with Crippen LogP contribution < -0.4 is 5.73 Å². The third kappa shape index (κ3) is 2.78. The molecule has 0 saturated carbocycles. The summed E-state index contributed by atoms with van der Waals surface area (Å²) in [6.45, 7) is 1.86. The van der Waals surface area contributed by atoms with Crippen LogP contribution in [0.2, 0.25) is 0 Å². The molecule has 0 saturated heterocycles. The number of nitrogen functional groups attached to an aromatic ring is 1. The van der Waals surface area contributed by atoms with Gasteiger partial charge in [-0.2, -0.15) is 5.26 Å². The summed E-state index contributed by atoms with van der Waals surface area (Å²) in [5.41, 5.74) is 8.25. The van der Waals surface area contributed by atoms with Crippen LogP contribution >= 0.6 is 0 Å². The molecule has 0 amide bonds. The maximum Gasteiger partial charge on any atom is 0.340 e. The molecule has 4 nitrogen and oxygen atoms in total. The van der Waals surface area contributed by atoms with E-state index in [-0.39, 0.29) is 12.2 Å². The Kier molecular flexibility index (Phi) is 4.02. The molecule has 0 atom stereocenters. The van der Waals surface area contributed by atoms with Crippen LogP contribution in [0, 0.1) is 18.3 Å². The monoisotopic (exact) mass is 266 g/mol. The van der Waals surface area contributed by atoms with Crippen LogP contribution in [0.4, 0.5) is 5.69 Å². The minimum Gasteiger partial charge on any atom is -0.457 e. The number of ether oxygens (including phenoxy) is 1. The van der Waals surface area contributed by atoms with Crippen molar-refractivity contribution in [3.05, 3.63) is 64.7 Å². The molecule has 4 heteroatoms. The van der Waals surface area contributed by atoms with Crippen molar-refractivity contribution < 1.29 is 9.53 Å². The van der Waals surface area contributed by atoms with Gasteiger partial charge in [0.2, 0.25) is 0 Å². The van der Waals surface area contributed by atoms with Crippen molar-refractivity contribution in [3.8, 4) is 6.07 Å². The first-order chi connectivity index (χ1) is 9.63. The van der Waals surface area contributed by atoms with E-state index in [0.717, 1.165) is 5.56 Å². The zero-order valence-corrected chi connectivity index (χ0v) is 11.1. The molecule has 0 spiro atoms. The van der Waals surface area contributed by atoms with Crippen LogP contribution in [0.3, 0.4) is 0 Å². The molecule has 100 valence electrons. The molecule has 0 aliphatic heterocycles. The smallest absolute Gasteiger partial charge is 0.340 e. The number of carbonyl (C=O) groups is 1. The predicted octanol–water partition coefficient (Wildman–Crippen LogP) is 2.81. The van der Waals surface area contributed by atoms with Gasteiger partial charge in [0.25, 0.3) is 0 Å². The molecular formula is C16H14N2O2. The summed E-state index contributed by atoms with van der Waals surface area (Å²) < 4.78 is 5.25. The number of benzene rings is 2. The van der Waals surface area contributed by atoms with E-state index < -0.39 is 5.97 Å². The summed E-state index contributed by atoms with van der Waals surface area (Å²) in [4.78, 5) is 12.1. The molecule has 2 N–H and O–H groups in total. The molecule has 2 rings (SSSR count). The number of esters is 1. The Hall–Kier alpha value is -2.80. The van der Waals surface area contributed by atoms with Gasteiger partial charge < -0.3 is 10.5 Å². The fraction of sp³-hybridized carbons (Fsp3) is 0.125. The van der Waals surface area contributed by atoms with E-state index in [4.69, 9.17) is 15.7 Å². The second kappa shape index (κ2) is 5.89. The molecular weight excluding hydrogens is 252 g/mol. The summed E-state index contributed by atoms with van der Waals surface area (Å²) in [6, 6.07) is 14.6. The van der Waals surface area contributed by atoms with E-state index in [1.54, 1.807) is 19.1 Å². The molecule has 0 aromatic heterocycles. The lowest BCUT2D eigenvalue weighted by Gasteiger charge is -2.10. The first kappa shape index (κ1) is 13.6. The Labute approximate surface area is 117 Å². The molecule has 0 radical (unpaired) electrons. The normalized spacial score (nSPS) is 9.80. The minimum absolute atomic E-state index is 0.176. The number of nitrogens with zero attached hydrogens (tertiary/aromatic N) is 1. The van der Waals surface area contributed by atoms with Crippen LogP contribution in [-0.2, 0) is 11.3 Å². The van der Waals surface area contributed by atoms with Crippen LogP contribution in [0.5, 0.6) is 0 Å². The fourth-order valence-electron chi connectivity index (χ4n) is 1.92. The molecule has 0 heterocycles. The quantitative estimate of drug-likeness (QED) is 0.684. The van der Waals surface area contributed by atoms with Crippen molar-refractivity contribution in [2.45, 2.75) is 13.5 Å². The first-order valence-corrected chi connectivity index (χ1v) is 6.13. The van der Waals surface area contributed by atoms with Crippen LogP contribution in [0.1, 0.15) is 27.0 Å². The third-order valence-electron chi connectivity index (χ3n) is 3.03. The van der Waals surface area contributed by atoms with E-state index in [1.807, 2.05) is 36.4 Å². The Balaban J connectivity index is 2.20. The lowest BCUT2D eigenvalue weighted by Crippen LogP contribution is -2.11. The number of nitriles is 1. The number of hydrogen-bond acceptors (Lipinski definition) is 4. The summed E-state index contributed by atoms with van der Waals surface area (Å²) in [5.74, 6) is -0.513. The molecule has 0 aliphatic carbocycles. The lowest BCUT2D eigenvalue weighted by atomic mass is 10.0. The minimum atomic E-state index is -0.513. The van der Waals surface area contributed by atoms with Crippen molar-refractivity contribution in [2.75, 3.05) is 5.73 Å². The number of rotatable bonds is 3. The average Bonchev–Trinajstić information content (AvgIpc) is 2.46. The molecule has 2 aromatic carbocycles. The van der Waals surface area contributed by atoms with E-state index in [2.05, 4.69) is 0 Å². The number of hydrogen-bond donors (Lipinski definition) is 1. The molecule has 0 unspecified atom stereocenters. The molecule has 0 bridgehead atoms. The van der Waals surface area contributed by atoms with Gasteiger partial charge in [-0.25, -0.2) is 4.79 Å². The Bertz CT molecular complexity index is 673. The second-order valence-electron chi connectivity index (χ2n) is 4.38. The maximum absolute atomic E-state index is 12.1. The van der Waals surface area contributed by atoms with Crippen LogP contribution in [-0.4, -0.2) is 5.97 Å². The van der Waals surface area contributed by atoms with Gasteiger partial charge in [-0.3, -0.25) is 0 Å². The van der Waals surface area contributed by atoms with E-state index in [9.17, 15) is 4.79 Å². The van der Waals surface area contributed by atoms with Crippen molar-refractivity contribution >= 4 is 11.7 Å². The Morgan fingerprint density at radius 2 is 1.95 bits per heavy atom. The lowest BCUT2D eigenvalue weighted by molar-refractivity contribution is 0.0473. The topological polar surface area (TPSA) is 76.1 Å². The number of nitrogens with two attached hydrogens (primary N) is 1. The predicted molar refractivity (Wildman–Crippen MR) is 75.9 cm³/mol. The van der Waals surface area contributed by atoms with E-state index >= 15 is 0 Å². The largest absolute Gasteiger partial charge is 0.457 e. The van der Waals surface area contributed by atoms with E-state index in [0.29, 0.717) is 16.8 Å². The highest BCUT2D eigenvalue weighted by Crippen LogP contribution is 2.21. The van der Waals surface area contributed by atoms with Crippen LogP contribution in [0.15, 0.2) is 42.5 Å². The SMILES string of the molecule is Cc1c(C#N)ccc(N)c1C(=O)OCc1ccccc1. The summed E-state index contributed by atoms with van der Waals surface area (Å²) in [7, 11) is 0. The molecule has 20 heavy (non-hydrogen) atoms. The number of anilines is 1.